The Morgan fingerprint density at radius 1 is 0.741 bits per heavy atom. The number of ether oxygens (including phenoxy) is 6. The fourth-order valence-corrected chi connectivity index (χ4v) is 2.26. The van der Waals surface area contributed by atoms with Crippen LogP contribution in [0, 0.1) is 0 Å². The van der Waals surface area contributed by atoms with Crippen LogP contribution in [0.3, 0.4) is 0 Å². The van der Waals surface area contributed by atoms with Gasteiger partial charge in [0, 0.05) is 0 Å². The highest BCUT2D eigenvalue weighted by Gasteiger charge is 2.29. The van der Waals surface area contributed by atoms with Gasteiger partial charge in [-0.2, -0.15) is 0 Å². The Bertz CT molecular complexity index is 747. The van der Waals surface area contributed by atoms with Gasteiger partial charge in [0.2, 0.25) is 0 Å². The smallest absolute Gasteiger partial charge is 0.339 e. The summed E-state index contributed by atoms with van der Waals surface area (Å²) in [7, 11) is 0. The normalized spacial score (nSPS) is 24.7. The van der Waals surface area contributed by atoms with E-state index in [4.69, 9.17) is 28.4 Å². The van der Waals surface area contributed by atoms with Gasteiger partial charge in [-0.25, -0.2) is 14.4 Å². The van der Waals surface area contributed by atoms with E-state index < -0.39 is 17.9 Å². The highest BCUT2D eigenvalue weighted by Crippen LogP contribution is 2.19. The Balaban J connectivity index is 1.48. The molecule has 3 fully saturated rings. The van der Waals surface area contributed by atoms with Crippen molar-refractivity contribution >= 4 is 17.9 Å². The van der Waals surface area contributed by atoms with E-state index in [1.165, 1.54) is 18.2 Å². The van der Waals surface area contributed by atoms with E-state index in [2.05, 4.69) is 0 Å². The molecule has 27 heavy (non-hydrogen) atoms. The summed E-state index contributed by atoms with van der Waals surface area (Å²) in [5.74, 6) is -2.04. The summed E-state index contributed by atoms with van der Waals surface area (Å²) in [6, 6.07) is 4.03. The number of benzene rings is 1. The molecular formula is C18H18O9. The molecule has 144 valence electrons. The highest BCUT2D eigenvalue weighted by molar-refractivity contribution is 6.05. The van der Waals surface area contributed by atoms with Crippen LogP contribution in [0.2, 0.25) is 0 Å². The lowest BCUT2D eigenvalue weighted by molar-refractivity contribution is 0.0428. The van der Waals surface area contributed by atoms with Crippen molar-refractivity contribution in [3.05, 3.63) is 34.9 Å². The quantitative estimate of drug-likeness (QED) is 0.341. The van der Waals surface area contributed by atoms with Crippen LogP contribution in [0.1, 0.15) is 31.1 Å². The Morgan fingerprint density at radius 3 is 1.67 bits per heavy atom. The third kappa shape index (κ3) is 5.03. The Labute approximate surface area is 154 Å². The lowest BCUT2D eigenvalue weighted by atomic mass is 10.0. The molecule has 0 N–H and O–H groups in total. The molecule has 3 aliphatic rings. The van der Waals surface area contributed by atoms with Crippen molar-refractivity contribution in [3.8, 4) is 0 Å². The van der Waals surface area contributed by atoms with E-state index in [1.54, 1.807) is 0 Å². The molecule has 0 bridgehead atoms. The zero-order valence-electron chi connectivity index (χ0n) is 14.4. The summed E-state index contributed by atoms with van der Waals surface area (Å²) in [5.41, 5.74) is 0.0845. The number of epoxide rings is 3. The number of esters is 3. The van der Waals surface area contributed by atoms with Gasteiger partial charge in [-0.1, -0.05) is 0 Å². The number of hydrogen-bond acceptors (Lipinski definition) is 9. The van der Waals surface area contributed by atoms with Gasteiger partial charge in [-0.05, 0) is 18.2 Å². The molecule has 9 nitrogen and oxygen atoms in total. The number of carbonyl (C=O) groups is 3. The van der Waals surface area contributed by atoms with Gasteiger partial charge in [0.05, 0.1) is 36.5 Å². The third-order valence-corrected chi connectivity index (χ3v) is 4.10. The predicted molar refractivity (Wildman–Crippen MR) is 86.5 cm³/mol. The van der Waals surface area contributed by atoms with Crippen molar-refractivity contribution < 1.29 is 42.8 Å². The van der Waals surface area contributed by atoms with Crippen LogP contribution in [0.4, 0.5) is 0 Å². The highest BCUT2D eigenvalue weighted by atomic mass is 16.6. The minimum Gasteiger partial charge on any atom is -0.459 e. The van der Waals surface area contributed by atoms with Crippen molar-refractivity contribution in [1.29, 1.82) is 0 Å². The molecule has 0 spiro atoms. The molecule has 3 atom stereocenters. The molecule has 0 unspecified atom stereocenters. The van der Waals surface area contributed by atoms with Gasteiger partial charge in [-0.15, -0.1) is 0 Å². The summed E-state index contributed by atoms with van der Waals surface area (Å²) < 4.78 is 30.4. The zero-order valence-corrected chi connectivity index (χ0v) is 14.4. The molecule has 4 rings (SSSR count). The zero-order chi connectivity index (χ0) is 18.8. The second-order valence-corrected chi connectivity index (χ2v) is 6.42. The topological polar surface area (TPSA) is 116 Å². The van der Waals surface area contributed by atoms with Crippen molar-refractivity contribution in [2.75, 3.05) is 39.6 Å². The summed E-state index contributed by atoms with van der Waals surface area (Å²) in [4.78, 5) is 36.9. The van der Waals surface area contributed by atoms with Crippen LogP contribution in [-0.2, 0) is 28.4 Å². The molecule has 0 aromatic heterocycles. The van der Waals surface area contributed by atoms with Crippen LogP contribution in [0.5, 0.6) is 0 Å². The van der Waals surface area contributed by atoms with Crippen molar-refractivity contribution in [2.24, 2.45) is 0 Å². The molecule has 0 radical (unpaired) electrons. The number of hydrogen-bond donors (Lipinski definition) is 0. The van der Waals surface area contributed by atoms with Gasteiger partial charge in [-0.3, -0.25) is 0 Å². The first-order valence-electron chi connectivity index (χ1n) is 8.60. The fraction of sp³-hybridized carbons (Fsp3) is 0.500. The standard InChI is InChI=1S/C18H18O9/c19-16(25-7-11-4-22-11)10-1-2-14(17(20)26-8-12-5-23-12)15(3-10)18(21)27-9-13-6-24-13/h1-3,11-13H,4-9H2/t11-,12-,13+/m1/s1. The summed E-state index contributed by atoms with van der Waals surface area (Å²) in [5, 5.41) is 0. The lowest BCUT2D eigenvalue weighted by Crippen LogP contribution is -2.19. The van der Waals surface area contributed by atoms with E-state index in [1.807, 2.05) is 0 Å². The summed E-state index contributed by atoms with van der Waals surface area (Å²) in [6.45, 7) is 1.95. The average Bonchev–Trinajstić information content (AvgIpc) is 3.54. The maximum absolute atomic E-state index is 12.4. The minimum absolute atomic E-state index is 0.0134. The van der Waals surface area contributed by atoms with E-state index in [0.717, 1.165) is 0 Å². The Kier molecular flexibility index (Phi) is 5.06. The molecule has 1 aromatic rings. The van der Waals surface area contributed by atoms with E-state index in [0.29, 0.717) is 19.8 Å². The number of carbonyl (C=O) groups excluding carboxylic acids is 3. The Morgan fingerprint density at radius 2 is 1.19 bits per heavy atom. The summed E-state index contributed by atoms with van der Waals surface area (Å²) >= 11 is 0. The van der Waals surface area contributed by atoms with Gasteiger partial charge >= 0.3 is 17.9 Å². The first-order chi connectivity index (χ1) is 13.1. The SMILES string of the molecule is O=C(OC[C@H]1CO1)c1ccc(C(=O)OC[C@H]2CO2)c(C(=O)OC[C@@H]2CO2)c1. The molecule has 9 heteroatoms. The van der Waals surface area contributed by atoms with Crippen LogP contribution in [0.15, 0.2) is 18.2 Å². The summed E-state index contributed by atoms with van der Waals surface area (Å²) in [6.07, 6.45) is -0.297. The van der Waals surface area contributed by atoms with Crippen molar-refractivity contribution in [3.63, 3.8) is 0 Å². The van der Waals surface area contributed by atoms with Gasteiger partial charge < -0.3 is 28.4 Å². The molecule has 0 amide bonds. The molecule has 0 saturated carbocycles. The molecule has 3 aliphatic heterocycles. The number of rotatable bonds is 9. The molecule has 3 saturated heterocycles. The maximum atomic E-state index is 12.4. The largest absolute Gasteiger partial charge is 0.459 e. The average molecular weight is 378 g/mol. The van der Waals surface area contributed by atoms with Crippen LogP contribution in [0.25, 0.3) is 0 Å². The molecule has 3 heterocycles. The maximum Gasteiger partial charge on any atom is 0.339 e. The second kappa shape index (κ2) is 7.63. The van der Waals surface area contributed by atoms with E-state index in [9.17, 15) is 14.4 Å². The van der Waals surface area contributed by atoms with Crippen molar-refractivity contribution in [2.45, 2.75) is 18.3 Å². The lowest BCUT2D eigenvalue weighted by Gasteiger charge is -2.11. The van der Waals surface area contributed by atoms with Crippen LogP contribution in [-0.4, -0.2) is 75.9 Å². The van der Waals surface area contributed by atoms with E-state index >= 15 is 0 Å². The van der Waals surface area contributed by atoms with Crippen LogP contribution >= 0.6 is 0 Å². The first kappa shape index (κ1) is 17.9. The van der Waals surface area contributed by atoms with Gasteiger partial charge in [0.25, 0.3) is 0 Å². The predicted octanol–water partition coefficient (Wildman–Crippen LogP) is 0.353. The molecule has 1 aromatic carbocycles. The fourth-order valence-electron chi connectivity index (χ4n) is 2.26. The Hall–Kier alpha value is -2.49. The minimum atomic E-state index is -0.736. The van der Waals surface area contributed by atoms with E-state index in [-0.39, 0.29) is 54.8 Å². The third-order valence-electron chi connectivity index (χ3n) is 4.10. The second-order valence-electron chi connectivity index (χ2n) is 6.42. The molecular weight excluding hydrogens is 360 g/mol. The monoisotopic (exact) mass is 378 g/mol. The van der Waals surface area contributed by atoms with Gasteiger partial charge in [0.15, 0.2) is 0 Å². The molecule has 0 aliphatic carbocycles. The van der Waals surface area contributed by atoms with Crippen molar-refractivity contribution in [1.82, 2.24) is 0 Å². The van der Waals surface area contributed by atoms with Crippen LogP contribution < -0.4 is 0 Å². The van der Waals surface area contributed by atoms with Gasteiger partial charge in [0.1, 0.15) is 38.1 Å². The first-order valence-corrected chi connectivity index (χ1v) is 8.60.